The number of nitrogens with zero attached hydrogens (tertiary/aromatic N) is 1. The van der Waals surface area contributed by atoms with Crippen LogP contribution in [-0.4, -0.2) is 16.6 Å². The highest BCUT2D eigenvalue weighted by Gasteiger charge is 2.06. The van der Waals surface area contributed by atoms with Crippen LogP contribution in [0.15, 0.2) is 36.5 Å². The highest BCUT2D eigenvalue weighted by atomic mass is 35.5. The Bertz CT molecular complexity index is 649. The quantitative estimate of drug-likeness (QED) is 0.866. The monoisotopic (exact) mass is 340 g/mol. The first-order valence-electron chi connectivity index (χ1n) is 6.29. The van der Waals surface area contributed by atoms with Gasteiger partial charge in [-0.05, 0) is 42.3 Å². The highest BCUT2D eigenvalue weighted by Crippen LogP contribution is 2.24. The van der Waals surface area contributed by atoms with Gasteiger partial charge < -0.3 is 5.32 Å². The largest absolute Gasteiger partial charge is 0.310 e. The van der Waals surface area contributed by atoms with Crippen molar-refractivity contribution in [2.45, 2.75) is 12.7 Å². The molecular formula is C15H14Cl2N2OS. The fourth-order valence-corrected chi connectivity index (χ4v) is 3.06. The number of nitrogens with one attached hydrogen (secondary N) is 1. The van der Waals surface area contributed by atoms with Gasteiger partial charge in [0.05, 0.1) is 5.75 Å². The number of aryl methyl sites for hydroxylation is 1. The van der Waals surface area contributed by atoms with Crippen LogP contribution in [-0.2, 0) is 10.5 Å². The van der Waals surface area contributed by atoms with Crippen LogP contribution in [0.5, 0.6) is 0 Å². The lowest BCUT2D eigenvalue weighted by Crippen LogP contribution is -2.15. The zero-order valence-corrected chi connectivity index (χ0v) is 13.7. The molecule has 1 heterocycles. The summed E-state index contributed by atoms with van der Waals surface area (Å²) in [6, 6.07) is 9.08. The predicted octanol–water partition coefficient (Wildman–Crippen LogP) is 4.57. The number of carbonyl (C=O) groups excluding carboxylic acids is 1. The van der Waals surface area contributed by atoms with E-state index in [4.69, 9.17) is 23.2 Å². The van der Waals surface area contributed by atoms with Crippen LogP contribution < -0.4 is 5.32 Å². The van der Waals surface area contributed by atoms with Crippen LogP contribution in [0.25, 0.3) is 0 Å². The van der Waals surface area contributed by atoms with Gasteiger partial charge in [0, 0.05) is 22.0 Å². The van der Waals surface area contributed by atoms with Gasteiger partial charge in [-0.15, -0.1) is 11.8 Å². The van der Waals surface area contributed by atoms with E-state index in [0.29, 0.717) is 27.4 Å². The molecule has 0 radical (unpaired) electrons. The first-order chi connectivity index (χ1) is 10.0. The summed E-state index contributed by atoms with van der Waals surface area (Å²) in [7, 11) is 0. The van der Waals surface area contributed by atoms with Gasteiger partial charge in [-0.25, -0.2) is 4.98 Å². The summed E-state index contributed by atoms with van der Waals surface area (Å²) in [4.78, 5) is 15.9. The van der Waals surface area contributed by atoms with Crippen molar-refractivity contribution in [1.82, 2.24) is 4.98 Å². The maximum Gasteiger partial charge on any atom is 0.235 e. The zero-order chi connectivity index (χ0) is 15.2. The van der Waals surface area contributed by atoms with E-state index in [1.807, 2.05) is 25.1 Å². The van der Waals surface area contributed by atoms with Gasteiger partial charge in [0.15, 0.2) is 0 Å². The predicted molar refractivity (Wildman–Crippen MR) is 90.2 cm³/mol. The second kappa shape index (κ2) is 7.69. The molecule has 21 heavy (non-hydrogen) atoms. The van der Waals surface area contributed by atoms with E-state index in [2.05, 4.69) is 10.3 Å². The highest BCUT2D eigenvalue weighted by molar-refractivity contribution is 7.99. The molecule has 0 spiro atoms. The number of benzene rings is 1. The van der Waals surface area contributed by atoms with E-state index >= 15 is 0 Å². The SMILES string of the molecule is Cc1ccnc(NC(=O)CSCc2ccc(Cl)cc2Cl)c1. The Morgan fingerprint density at radius 1 is 1.29 bits per heavy atom. The minimum atomic E-state index is -0.0804. The molecule has 110 valence electrons. The molecule has 0 saturated heterocycles. The Morgan fingerprint density at radius 3 is 2.81 bits per heavy atom. The number of rotatable bonds is 5. The molecule has 0 saturated carbocycles. The lowest BCUT2D eigenvalue weighted by atomic mass is 10.2. The van der Waals surface area contributed by atoms with Crippen LogP contribution in [0.1, 0.15) is 11.1 Å². The Morgan fingerprint density at radius 2 is 2.10 bits per heavy atom. The van der Waals surface area contributed by atoms with Crippen LogP contribution in [0.2, 0.25) is 10.0 Å². The number of halogens is 2. The normalized spacial score (nSPS) is 10.4. The number of hydrogen-bond donors (Lipinski definition) is 1. The van der Waals surface area contributed by atoms with Crippen LogP contribution in [0, 0.1) is 6.92 Å². The van der Waals surface area contributed by atoms with Gasteiger partial charge in [0.1, 0.15) is 5.82 Å². The Hall–Kier alpha value is -1.23. The fourth-order valence-electron chi connectivity index (χ4n) is 1.68. The van der Waals surface area contributed by atoms with Crippen molar-refractivity contribution in [2.75, 3.05) is 11.1 Å². The fraction of sp³-hybridized carbons (Fsp3) is 0.200. The third-order valence-corrected chi connectivity index (χ3v) is 4.26. The van der Waals surface area contributed by atoms with Crippen molar-refractivity contribution in [2.24, 2.45) is 0 Å². The molecule has 0 atom stereocenters. The Labute approximate surface area is 138 Å². The summed E-state index contributed by atoms with van der Waals surface area (Å²) in [5.41, 5.74) is 2.02. The Kier molecular flexibility index (Phi) is 5.91. The maximum atomic E-state index is 11.8. The number of anilines is 1. The number of hydrogen-bond acceptors (Lipinski definition) is 3. The molecular weight excluding hydrogens is 327 g/mol. The molecule has 1 N–H and O–H groups in total. The van der Waals surface area contributed by atoms with Gasteiger partial charge in [0.2, 0.25) is 5.91 Å². The molecule has 2 rings (SSSR count). The smallest absolute Gasteiger partial charge is 0.235 e. The van der Waals surface area contributed by atoms with Crippen molar-refractivity contribution in [1.29, 1.82) is 0 Å². The van der Waals surface area contributed by atoms with E-state index in [-0.39, 0.29) is 5.91 Å². The molecule has 0 fully saturated rings. The first kappa shape index (κ1) is 16.1. The average Bonchev–Trinajstić information content (AvgIpc) is 2.41. The summed E-state index contributed by atoms with van der Waals surface area (Å²) in [5, 5.41) is 4.00. The standard InChI is InChI=1S/C15H14Cl2N2OS/c1-10-4-5-18-14(6-10)19-15(20)9-21-8-11-2-3-12(16)7-13(11)17/h2-7H,8-9H2,1H3,(H,18,19,20). The van der Waals surface area contributed by atoms with E-state index in [9.17, 15) is 4.79 Å². The second-order valence-electron chi connectivity index (χ2n) is 4.50. The molecule has 0 bridgehead atoms. The molecule has 0 aliphatic rings. The minimum absolute atomic E-state index is 0.0804. The minimum Gasteiger partial charge on any atom is -0.310 e. The summed E-state index contributed by atoms with van der Waals surface area (Å²) in [6.45, 7) is 1.95. The summed E-state index contributed by atoms with van der Waals surface area (Å²) in [5.74, 6) is 1.49. The van der Waals surface area contributed by atoms with E-state index in [1.165, 1.54) is 11.8 Å². The number of aromatic nitrogens is 1. The van der Waals surface area contributed by atoms with Gasteiger partial charge in [-0.2, -0.15) is 0 Å². The number of thioether (sulfide) groups is 1. The number of pyridine rings is 1. The lowest BCUT2D eigenvalue weighted by molar-refractivity contribution is -0.113. The second-order valence-corrected chi connectivity index (χ2v) is 6.32. The molecule has 1 aromatic heterocycles. The van der Waals surface area contributed by atoms with E-state index in [1.54, 1.807) is 18.3 Å². The van der Waals surface area contributed by atoms with Crippen LogP contribution in [0.3, 0.4) is 0 Å². The third-order valence-electron chi connectivity index (χ3n) is 2.69. The number of carbonyl (C=O) groups is 1. The van der Waals surface area contributed by atoms with Crippen molar-refractivity contribution in [3.63, 3.8) is 0 Å². The topological polar surface area (TPSA) is 42.0 Å². The summed E-state index contributed by atoms with van der Waals surface area (Å²) >= 11 is 13.4. The average molecular weight is 341 g/mol. The maximum absolute atomic E-state index is 11.8. The van der Waals surface area contributed by atoms with Crippen molar-refractivity contribution in [3.8, 4) is 0 Å². The molecule has 6 heteroatoms. The molecule has 1 aromatic carbocycles. The van der Waals surface area contributed by atoms with Crippen molar-refractivity contribution >= 4 is 46.7 Å². The summed E-state index contributed by atoms with van der Waals surface area (Å²) < 4.78 is 0. The molecule has 0 unspecified atom stereocenters. The van der Waals surface area contributed by atoms with Gasteiger partial charge in [-0.1, -0.05) is 29.3 Å². The molecule has 0 aliphatic carbocycles. The summed E-state index contributed by atoms with van der Waals surface area (Å²) in [6.07, 6.45) is 1.67. The van der Waals surface area contributed by atoms with E-state index < -0.39 is 0 Å². The van der Waals surface area contributed by atoms with Gasteiger partial charge >= 0.3 is 0 Å². The Balaban J connectivity index is 1.81. The van der Waals surface area contributed by atoms with Crippen LogP contribution >= 0.6 is 35.0 Å². The van der Waals surface area contributed by atoms with Gasteiger partial charge in [0.25, 0.3) is 0 Å². The zero-order valence-electron chi connectivity index (χ0n) is 11.4. The van der Waals surface area contributed by atoms with Crippen LogP contribution in [0.4, 0.5) is 5.82 Å². The molecule has 0 aliphatic heterocycles. The lowest BCUT2D eigenvalue weighted by Gasteiger charge is -2.06. The molecule has 3 nitrogen and oxygen atoms in total. The third kappa shape index (κ3) is 5.23. The molecule has 2 aromatic rings. The van der Waals surface area contributed by atoms with E-state index in [0.717, 1.165) is 11.1 Å². The number of amides is 1. The molecule has 1 amide bonds. The van der Waals surface area contributed by atoms with Crippen molar-refractivity contribution in [3.05, 3.63) is 57.7 Å². The van der Waals surface area contributed by atoms with Crippen molar-refractivity contribution < 1.29 is 4.79 Å². The first-order valence-corrected chi connectivity index (χ1v) is 8.20. The van der Waals surface area contributed by atoms with Gasteiger partial charge in [-0.3, -0.25) is 4.79 Å².